The summed E-state index contributed by atoms with van der Waals surface area (Å²) in [5.41, 5.74) is 2.59. The molecule has 2 aromatic carbocycles. The van der Waals surface area contributed by atoms with Crippen molar-refractivity contribution in [1.29, 1.82) is 0 Å². The van der Waals surface area contributed by atoms with Crippen molar-refractivity contribution >= 4 is 28.9 Å². The largest absolute Gasteiger partial charge is 0.497 e. The van der Waals surface area contributed by atoms with E-state index in [4.69, 9.17) is 21.1 Å². The second-order valence-electron chi connectivity index (χ2n) is 6.20. The van der Waals surface area contributed by atoms with Gasteiger partial charge in [0, 0.05) is 16.9 Å². The van der Waals surface area contributed by atoms with Crippen molar-refractivity contribution in [3.8, 4) is 11.5 Å². The first-order valence-electron chi connectivity index (χ1n) is 8.65. The molecule has 1 atom stereocenters. The van der Waals surface area contributed by atoms with E-state index in [0.29, 0.717) is 33.5 Å². The molecule has 1 aliphatic heterocycles. The summed E-state index contributed by atoms with van der Waals surface area (Å²) in [5.74, 6) is 1.20. The number of carbonyl (C=O) groups is 1. The number of fused-ring (bicyclic) bond motifs is 1. The molecule has 0 saturated carbocycles. The van der Waals surface area contributed by atoms with E-state index in [-0.39, 0.29) is 5.91 Å². The van der Waals surface area contributed by atoms with Gasteiger partial charge in [0.2, 0.25) is 0 Å². The highest BCUT2D eigenvalue weighted by molar-refractivity contribution is 6.31. The van der Waals surface area contributed by atoms with Gasteiger partial charge >= 0.3 is 0 Å². The molecule has 1 aliphatic rings. The SMILES string of the molecule is COc1ccc(N2C(=O)c3cccnc3[C@@H]2Nc2cc(Cl)ccc2OC)cc1. The minimum absolute atomic E-state index is 0.133. The molecule has 3 aromatic rings. The third kappa shape index (κ3) is 3.12. The Balaban J connectivity index is 1.79. The molecule has 4 rings (SSSR count). The lowest BCUT2D eigenvalue weighted by atomic mass is 10.2. The van der Waals surface area contributed by atoms with Crippen LogP contribution in [0.1, 0.15) is 22.2 Å². The molecule has 2 heterocycles. The fraction of sp³-hybridized carbons (Fsp3) is 0.143. The first-order valence-corrected chi connectivity index (χ1v) is 9.03. The van der Waals surface area contributed by atoms with Crippen LogP contribution in [0.2, 0.25) is 5.02 Å². The van der Waals surface area contributed by atoms with Gasteiger partial charge in [0.15, 0.2) is 6.17 Å². The number of nitrogens with one attached hydrogen (secondary N) is 1. The molecular weight excluding hydrogens is 378 g/mol. The van der Waals surface area contributed by atoms with Gasteiger partial charge in [-0.3, -0.25) is 14.7 Å². The number of benzene rings is 2. The van der Waals surface area contributed by atoms with E-state index in [9.17, 15) is 4.79 Å². The normalized spacial score (nSPS) is 15.3. The van der Waals surface area contributed by atoms with Crippen molar-refractivity contribution in [2.45, 2.75) is 6.17 Å². The van der Waals surface area contributed by atoms with Gasteiger partial charge in [-0.15, -0.1) is 0 Å². The Morgan fingerprint density at radius 2 is 1.86 bits per heavy atom. The van der Waals surface area contributed by atoms with Crippen LogP contribution >= 0.6 is 11.6 Å². The Bertz CT molecular complexity index is 1020. The highest BCUT2D eigenvalue weighted by Crippen LogP contribution is 2.39. The van der Waals surface area contributed by atoms with Gasteiger partial charge < -0.3 is 14.8 Å². The Kier molecular flexibility index (Phi) is 4.79. The molecule has 1 amide bonds. The van der Waals surface area contributed by atoms with Crippen molar-refractivity contribution < 1.29 is 14.3 Å². The monoisotopic (exact) mass is 395 g/mol. The molecule has 1 N–H and O–H groups in total. The number of amides is 1. The zero-order valence-electron chi connectivity index (χ0n) is 15.3. The fourth-order valence-electron chi connectivity index (χ4n) is 3.27. The van der Waals surface area contributed by atoms with Crippen LogP contribution in [0.4, 0.5) is 11.4 Å². The number of anilines is 2. The number of hydrogen-bond acceptors (Lipinski definition) is 5. The minimum Gasteiger partial charge on any atom is -0.497 e. The number of halogens is 1. The Hall–Kier alpha value is -3.25. The smallest absolute Gasteiger partial charge is 0.262 e. The van der Waals surface area contributed by atoms with Gasteiger partial charge in [-0.25, -0.2) is 0 Å². The summed E-state index contributed by atoms with van der Waals surface area (Å²) in [7, 11) is 3.19. The van der Waals surface area contributed by atoms with E-state index < -0.39 is 6.17 Å². The average Bonchev–Trinajstić information content (AvgIpc) is 3.00. The zero-order valence-corrected chi connectivity index (χ0v) is 16.1. The molecule has 0 bridgehead atoms. The molecule has 1 aromatic heterocycles. The molecule has 0 aliphatic carbocycles. The highest BCUT2D eigenvalue weighted by atomic mass is 35.5. The summed E-state index contributed by atoms with van der Waals surface area (Å²) in [6.07, 6.45) is 1.16. The number of ether oxygens (including phenoxy) is 2. The first-order chi connectivity index (χ1) is 13.6. The second kappa shape index (κ2) is 7.40. The number of methoxy groups -OCH3 is 2. The van der Waals surface area contributed by atoms with Gasteiger partial charge in [0.05, 0.1) is 31.2 Å². The van der Waals surface area contributed by atoms with E-state index in [1.807, 2.05) is 24.3 Å². The Morgan fingerprint density at radius 1 is 1.07 bits per heavy atom. The van der Waals surface area contributed by atoms with Crippen molar-refractivity contribution in [2.75, 3.05) is 24.4 Å². The van der Waals surface area contributed by atoms with Crippen LogP contribution < -0.4 is 19.7 Å². The Morgan fingerprint density at radius 3 is 2.57 bits per heavy atom. The highest BCUT2D eigenvalue weighted by Gasteiger charge is 2.39. The average molecular weight is 396 g/mol. The molecule has 142 valence electrons. The summed E-state index contributed by atoms with van der Waals surface area (Å²) in [6.45, 7) is 0. The Labute approximate surface area is 167 Å². The van der Waals surface area contributed by atoms with Crippen molar-refractivity contribution in [3.05, 3.63) is 77.1 Å². The van der Waals surface area contributed by atoms with Crippen LogP contribution in [0.5, 0.6) is 11.5 Å². The minimum atomic E-state index is -0.510. The van der Waals surface area contributed by atoms with Gasteiger partial charge in [0.25, 0.3) is 5.91 Å². The summed E-state index contributed by atoms with van der Waals surface area (Å²) in [4.78, 5) is 19.2. The molecule has 28 heavy (non-hydrogen) atoms. The molecule has 6 nitrogen and oxygen atoms in total. The summed E-state index contributed by atoms with van der Waals surface area (Å²) in [5, 5.41) is 3.93. The number of carbonyl (C=O) groups excluding carboxylic acids is 1. The number of pyridine rings is 1. The van der Waals surface area contributed by atoms with Gasteiger partial charge in [-0.05, 0) is 54.6 Å². The molecule has 0 unspecified atom stereocenters. The van der Waals surface area contributed by atoms with E-state index >= 15 is 0 Å². The van der Waals surface area contributed by atoms with E-state index in [1.165, 1.54) is 0 Å². The van der Waals surface area contributed by atoms with Crippen LogP contribution in [0, 0.1) is 0 Å². The molecular formula is C21H18ClN3O3. The van der Waals surface area contributed by atoms with Crippen molar-refractivity contribution in [1.82, 2.24) is 4.98 Å². The third-order valence-corrected chi connectivity index (χ3v) is 4.84. The van der Waals surface area contributed by atoms with Crippen LogP contribution in [-0.4, -0.2) is 25.1 Å². The predicted molar refractivity (Wildman–Crippen MR) is 108 cm³/mol. The number of nitrogens with zero attached hydrogens (tertiary/aromatic N) is 2. The molecule has 0 saturated heterocycles. The number of hydrogen-bond donors (Lipinski definition) is 1. The predicted octanol–water partition coefficient (Wildman–Crippen LogP) is 4.52. The lowest BCUT2D eigenvalue weighted by Crippen LogP contribution is -2.32. The molecule has 0 fully saturated rings. The maximum absolute atomic E-state index is 13.1. The quantitative estimate of drug-likeness (QED) is 0.688. The van der Waals surface area contributed by atoms with Crippen LogP contribution in [0.25, 0.3) is 0 Å². The van der Waals surface area contributed by atoms with Crippen LogP contribution in [-0.2, 0) is 0 Å². The summed E-state index contributed by atoms with van der Waals surface area (Å²) in [6, 6.07) is 16.1. The van der Waals surface area contributed by atoms with E-state index in [2.05, 4.69) is 10.3 Å². The maximum Gasteiger partial charge on any atom is 0.262 e. The van der Waals surface area contributed by atoms with E-state index in [1.54, 1.807) is 55.6 Å². The molecule has 0 radical (unpaired) electrons. The molecule has 0 spiro atoms. The van der Waals surface area contributed by atoms with Crippen molar-refractivity contribution in [3.63, 3.8) is 0 Å². The number of aromatic nitrogens is 1. The van der Waals surface area contributed by atoms with Crippen molar-refractivity contribution in [2.24, 2.45) is 0 Å². The number of rotatable bonds is 5. The van der Waals surface area contributed by atoms with Crippen LogP contribution in [0.15, 0.2) is 60.8 Å². The van der Waals surface area contributed by atoms with Gasteiger partial charge in [-0.2, -0.15) is 0 Å². The molecule has 7 heteroatoms. The summed E-state index contributed by atoms with van der Waals surface area (Å²) >= 11 is 6.17. The maximum atomic E-state index is 13.1. The topological polar surface area (TPSA) is 63.7 Å². The van der Waals surface area contributed by atoms with Gasteiger partial charge in [0.1, 0.15) is 11.5 Å². The summed E-state index contributed by atoms with van der Waals surface area (Å²) < 4.78 is 10.7. The van der Waals surface area contributed by atoms with Crippen LogP contribution in [0.3, 0.4) is 0 Å². The first kappa shape index (κ1) is 18.1. The standard InChI is InChI=1S/C21H18ClN3O3/c1-27-15-8-6-14(7-9-15)25-20(19-16(21(25)26)4-3-11-23-19)24-17-12-13(22)5-10-18(17)28-2/h3-12,20,24H,1-2H3/t20-/m1/s1. The lowest BCUT2D eigenvalue weighted by molar-refractivity contribution is 0.0993. The zero-order chi connectivity index (χ0) is 19.7. The lowest BCUT2D eigenvalue weighted by Gasteiger charge is -2.27. The third-order valence-electron chi connectivity index (χ3n) is 4.61. The van der Waals surface area contributed by atoms with Gasteiger partial charge in [-0.1, -0.05) is 11.6 Å². The second-order valence-corrected chi connectivity index (χ2v) is 6.64. The van der Waals surface area contributed by atoms with E-state index in [0.717, 1.165) is 5.69 Å². The fourth-order valence-corrected chi connectivity index (χ4v) is 3.44.